The Morgan fingerprint density at radius 3 is 2.62 bits per heavy atom. The monoisotopic (exact) mass is 333 g/mol. The predicted octanol–water partition coefficient (Wildman–Crippen LogP) is 3.32. The van der Waals surface area contributed by atoms with E-state index in [1.165, 1.54) is 44.9 Å². The third-order valence-electron chi connectivity index (χ3n) is 7.13. The second-order valence-corrected chi connectivity index (χ2v) is 9.06. The first kappa shape index (κ1) is 16.7. The summed E-state index contributed by atoms with van der Waals surface area (Å²) >= 11 is 0. The highest BCUT2D eigenvalue weighted by Crippen LogP contribution is 2.52. The molecule has 2 N–H and O–H groups in total. The fraction of sp³-hybridized carbons (Fsp3) is 0.950. The second-order valence-electron chi connectivity index (χ2n) is 9.06. The summed E-state index contributed by atoms with van der Waals surface area (Å²) in [7, 11) is 0. The summed E-state index contributed by atoms with van der Waals surface area (Å²) in [6.07, 6.45) is 10.2. The fourth-order valence-corrected chi connectivity index (χ4v) is 5.70. The number of rotatable bonds is 4. The molecule has 0 aromatic carbocycles. The van der Waals surface area contributed by atoms with Gasteiger partial charge >= 0.3 is 0 Å². The van der Waals surface area contributed by atoms with Crippen molar-refractivity contribution in [2.75, 3.05) is 13.2 Å². The summed E-state index contributed by atoms with van der Waals surface area (Å²) in [6.45, 7) is 8.57. The van der Waals surface area contributed by atoms with E-state index >= 15 is 0 Å². The molecule has 0 spiro atoms. The number of fused-ring (bicyclic) bond motifs is 1. The van der Waals surface area contributed by atoms with Crippen molar-refractivity contribution in [3.8, 4) is 0 Å². The van der Waals surface area contributed by atoms with E-state index in [1.807, 2.05) is 0 Å². The van der Waals surface area contributed by atoms with Crippen LogP contribution in [0.25, 0.3) is 0 Å². The van der Waals surface area contributed by atoms with Gasteiger partial charge in [0.05, 0.1) is 6.10 Å². The molecule has 136 valence electrons. The third kappa shape index (κ3) is 2.95. The van der Waals surface area contributed by atoms with Crippen LogP contribution < -0.4 is 10.6 Å². The Kier molecular flexibility index (Phi) is 4.53. The van der Waals surface area contributed by atoms with E-state index in [9.17, 15) is 0 Å². The van der Waals surface area contributed by atoms with Crippen molar-refractivity contribution in [1.82, 2.24) is 10.6 Å². The van der Waals surface area contributed by atoms with Crippen LogP contribution in [0.3, 0.4) is 0 Å². The molecule has 24 heavy (non-hydrogen) atoms. The number of guanidine groups is 1. The summed E-state index contributed by atoms with van der Waals surface area (Å²) in [5.41, 5.74) is 0.212. The van der Waals surface area contributed by atoms with Gasteiger partial charge in [-0.3, -0.25) is 4.99 Å². The highest BCUT2D eigenvalue weighted by atomic mass is 16.5. The van der Waals surface area contributed by atoms with Crippen LogP contribution in [0.15, 0.2) is 4.99 Å². The Balaban J connectivity index is 1.33. The highest BCUT2D eigenvalue weighted by molar-refractivity contribution is 5.81. The number of ether oxygens (including phenoxy) is 1. The van der Waals surface area contributed by atoms with Crippen LogP contribution in [-0.4, -0.2) is 37.3 Å². The first-order valence-corrected chi connectivity index (χ1v) is 10.3. The Labute approximate surface area is 147 Å². The summed E-state index contributed by atoms with van der Waals surface area (Å²) in [4.78, 5) is 4.74. The first-order chi connectivity index (χ1) is 11.6. The van der Waals surface area contributed by atoms with Crippen molar-refractivity contribution in [3.05, 3.63) is 0 Å². The van der Waals surface area contributed by atoms with E-state index in [2.05, 4.69) is 31.4 Å². The zero-order chi connectivity index (χ0) is 16.7. The average molecular weight is 334 g/mol. The predicted molar refractivity (Wildman–Crippen MR) is 98.1 cm³/mol. The number of nitrogens with one attached hydrogen (secondary N) is 2. The van der Waals surface area contributed by atoms with Gasteiger partial charge in [0, 0.05) is 36.6 Å². The summed E-state index contributed by atoms with van der Waals surface area (Å²) < 4.78 is 5.93. The Hall–Kier alpha value is -0.770. The van der Waals surface area contributed by atoms with Crippen molar-refractivity contribution >= 4 is 5.96 Å². The molecule has 3 saturated carbocycles. The standard InChI is InChI=1S/C20H35N3O/c1-4-21-19(22-16-12-15(16)13-8-6-5-7-9-13)23-17-14-10-11-24-18(14)20(17,2)3/h13-18H,4-12H2,1-3H3,(H2,21,22,23). The van der Waals surface area contributed by atoms with Gasteiger partial charge in [-0.2, -0.15) is 0 Å². The van der Waals surface area contributed by atoms with Crippen molar-refractivity contribution in [3.63, 3.8) is 0 Å². The van der Waals surface area contributed by atoms with Crippen LogP contribution in [0.5, 0.6) is 0 Å². The molecular formula is C20H35N3O. The van der Waals surface area contributed by atoms with Crippen LogP contribution in [-0.2, 0) is 4.74 Å². The quantitative estimate of drug-likeness (QED) is 0.613. The lowest BCUT2D eigenvalue weighted by Crippen LogP contribution is -2.68. The van der Waals surface area contributed by atoms with Gasteiger partial charge in [0.15, 0.2) is 5.96 Å². The lowest BCUT2D eigenvalue weighted by molar-refractivity contribution is -0.106. The second kappa shape index (κ2) is 6.51. The molecule has 4 fully saturated rings. The minimum Gasteiger partial charge on any atom is -0.377 e. The molecular weight excluding hydrogens is 298 g/mol. The topological polar surface area (TPSA) is 45.7 Å². The molecule has 4 nitrogen and oxygen atoms in total. The van der Waals surface area contributed by atoms with Gasteiger partial charge in [0.25, 0.3) is 0 Å². The maximum absolute atomic E-state index is 5.93. The SMILES string of the molecule is CCN=C(NC1CC1C1CCCCC1)NC1C2CCOC2C1(C)C. The summed E-state index contributed by atoms with van der Waals surface area (Å²) in [6, 6.07) is 1.15. The molecule has 4 heteroatoms. The van der Waals surface area contributed by atoms with Gasteiger partial charge < -0.3 is 15.4 Å². The molecule has 0 radical (unpaired) electrons. The molecule has 5 atom stereocenters. The molecule has 0 aromatic heterocycles. The Bertz CT molecular complexity index is 483. The average Bonchev–Trinajstić information content (AvgIpc) is 3.19. The molecule has 0 bridgehead atoms. The van der Waals surface area contributed by atoms with E-state index in [1.54, 1.807) is 0 Å². The number of hydrogen-bond acceptors (Lipinski definition) is 2. The smallest absolute Gasteiger partial charge is 0.191 e. The summed E-state index contributed by atoms with van der Waals surface area (Å²) in [5.74, 6) is 3.57. The normalized spacial score (nSPS) is 41.5. The van der Waals surface area contributed by atoms with Gasteiger partial charge in [-0.15, -0.1) is 0 Å². The van der Waals surface area contributed by atoms with Crippen molar-refractivity contribution in [2.24, 2.45) is 28.2 Å². The van der Waals surface area contributed by atoms with Crippen LogP contribution in [0.1, 0.15) is 65.7 Å². The maximum Gasteiger partial charge on any atom is 0.191 e. The van der Waals surface area contributed by atoms with Gasteiger partial charge in [0.2, 0.25) is 0 Å². The van der Waals surface area contributed by atoms with Crippen molar-refractivity contribution < 1.29 is 4.74 Å². The molecule has 4 aliphatic rings. The minimum absolute atomic E-state index is 0.212. The largest absolute Gasteiger partial charge is 0.377 e. The fourth-order valence-electron chi connectivity index (χ4n) is 5.70. The van der Waals surface area contributed by atoms with E-state index in [4.69, 9.17) is 9.73 Å². The molecule has 5 unspecified atom stereocenters. The number of hydrogen-bond donors (Lipinski definition) is 2. The van der Waals surface area contributed by atoms with Crippen molar-refractivity contribution in [2.45, 2.75) is 83.9 Å². The van der Waals surface area contributed by atoms with Gasteiger partial charge in [-0.1, -0.05) is 46.0 Å². The maximum atomic E-state index is 5.93. The summed E-state index contributed by atoms with van der Waals surface area (Å²) in [5, 5.41) is 7.52. The molecule has 0 amide bonds. The van der Waals surface area contributed by atoms with Crippen LogP contribution in [0.2, 0.25) is 0 Å². The lowest BCUT2D eigenvalue weighted by atomic mass is 9.57. The molecule has 3 aliphatic carbocycles. The minimum atomic E-state index is 0.212. The number of aliphatic imine (C=N–C) groups is 1. The lowest BCUT2D eigenvalue weighted by Gasteiger charge is -2.55. The van der Waals surface area contributed by atoms with Gasteiger partial charge in [0.1, 0.15) is 0 Å². The third-order valence-corrected chi connectivity index (χ3v) is 7.13. The first-order valence-electron chi connectivity index (χ1n) is 10.3. The van der Waals surface area contributed by atoms with E-state index in [0.29, 0.717) is 24.1 Å². The van der Waals surface area contributed by atoms with Crippen molar-refractivity contribution in [1.29, 1.82) is 0 Å². The zero-order valence-corrected chi connectivity index (χ0v) is 15.7. The van der Waals surface area contributed by atoms with Crippen LogP contribution >= 0.6 is 0 Å². The van der Waals surface area contributed by atoms with Crippen LogP contribution in [0.4, 0.5) is 0 Å². The molecule has 1 aliphatic heterocycles. The van der Waals surface area contributed by atoms with E-state index in [-0.39, 0.29) is 5.41 Å². The molecule has 1 heterocycles. The molecule has 0 aromatic rings. The molecule has 4 rings (SSSR count). The zero-order valence-electron chi connectivity index (χ0n) is 15.7. The highest BCUT2D eigenvalue weighted by Gasteiger charge is 2.59. The molecule has 1 saturated heterocycles. The van der Waals surface area contributed by atoms with E-state index in [0.717, 1.165) is 30.9 Å². The van der Waals surface area contributed by atoms with Gasteiger partial charge in [-0.25, -0.2) is 0 Å². The van der Waals surface area contributed by atoms with E-state index < -0.39 is 0 Å². The van der Waals surface area contributed by atoms with Crippen LogP contribution in [0, 0.1) is 23.2 Å². The Morgan fingerprint density at radius 2 is 1.88 bits per heavy atom. The Morgan fingerprint density at radius 1 is 1.08 bits per heavy atom. The van der Waals surface area contributed by atoms with Gasteiger partial charge in [-0.05, 0) is 31.6 Å². The number of nitrogens with zero attached hydrogens (tertiary/aromatic N) is 1.